The maximum absolute atomic E-state index is 12.1. The van der Waals surface area contributed by atoms with E-state index in [-0.39, 0.29) is 5.91 Å². The van der Waals surface area contributed by atoms with Crippen molar-refractivity contribution in [3.63, 3.8) is 0 Å². The predicted octanol–water partition coefficient (Wildman–Crippen LogP) is 3.54. The number of carbonyl (C=O) groups excluding carboxylic acids is 1. The highest BCUT2D eigenvalue weighted by Crippen LogP contribution is 2.19. The van der Waals surface area contributed by atoms with Gasteiger partial charge in [-0.05, 0) is 49.0 Å². The van der Waals surface area contributed by atoms with Gasteiger partial charge in [-0.3, -0.25) is 15.6 Å². The Bertz CT molecular complexity index is 920. The average Bonchev–Trinajstić information content (AvgIpc) is 2.91. The summed E-state index contributed by atoms with van der Waals surface area (Å²) in [6, 6.07) is 14.0. The number of hydrogen-bond acceptors (Lipinski definition) is 4. The number of benzene rings is 2. The number of amides is 1. The minimum Gasteiger partial charge on any atom is -0.331 e. The number of thiazole rings is 1. The van der Waals surface area contributed by atoms with Gasteiger partial charge < -0.3 is 5.32 Å². The predicted molar refractivity (Wildman–Crippen MR) is 102 cm³/mol. The number of fused-ring (bicyclic) bond motifs is 1. The van der Waals surface area contributed by atoms with Gasteiger partial charge in [0.25, 0.3) is 5.91 Å². The van der Waals surface area contributed by atoms with E-state index in [1.54, 1.807) is 0 Å². The second-order valence-electron chi connectivity index (χ2n) is 5.24. The molecule has 3 aromatic rings. The molecule has 3 N–H and O–H groups in total. The summed E-state index contributed by atoms with van der Waals surface area (Å²) in [5.41, 5.74) is 6.87. The molecular weight excluding hydrogens is 340 g/mol. The largest absolute Gasteiger partial charge is 0.331 e. The molecule has 0 saturated carbocycles. The fourth-order valence-electron chi connectivity index (χ4n) is 2.34. The molecular formula is C17H16N4OS2. The first-order valence-electron chi connectivity index (χ1n) is 7.33. The Labute approximate surface area is 149 Å². The zero-order valence-electron chi connectivity index (χ0n) is 13.2. The standard InChI is InChI=1S/C17H16N4OS2/c1-10-15(24-11(2)18-10)16(22)20-21-17(23)19-14-8-7-12-5-3-4-6-13(12)9-14/h3-9H,1-2H3,(H,20,22)(H2,19,21,23). The van der Waals surface area contributed by atoms with Gasteiger partial charge in [0.2, 0.25) is 0 Å². The number of thiocarbonyl (C=S) groups is 1. The Morgan fingerprint density at radius 3 is 2.54 bits per heavy atom. The van der Waals surface area contributed by atoms with Gasteiger partial charge in [0.15, 0.2) is 5.11 Å². The van der Waals surface area contributed by atoms with Crippen molar-refractivity contribution in [2.24, 2.45) is 0 Å². The lowest BCUT2D eigenvalue weighted by atomic mass is 10.1. The molecule has 0 aliphatic heterocycles. The second-order valence-corrected chi connectivity index (χ2v) is 6.85. The van der Waals surface area contributed by atoms with Gasteiger partial charge in [0.05, 0.1) is 10.7 Å². The van der Waals surface area contributed by atoms with E-state index in [1.165, 1.54) is 11.3 Å². The lowest BCUT2D eigenvalue weighted by Gasteiger charge is -2.11. The van der Waals surface area contributed by atoms with Crippen LogP contribution >= 0.6 is 23.6 Å². The third kappa shape index (κ3) is 3.69. The van der Waals surface area contributed by atoms with Crippen molar-refractivity contribution in [2.75, 3.05) is 5.32 Å². The third-order valence-electron chi connectivity index (χ3n) is 3.41. The molecule has 1 amide bonds. The summed E-state index contributed by atoms with van der Waals surface area (Å²) in [6.45, 7) is 3.68. The van der Waals surface area contributed by atoms with Crippen LogP contribution in [0.15, 0.2) is 42.5 Å². The number of carbonyl (C=O) groups is 1. The van der Waals surface area contributed by atoms with Gasteiger partial charge in [0.1, 0.15) is 4.88 Å². The first-order chi connectivity index (χ1) is 11.5. The summed E-state index contributed by atoms with van der Waals surface area (Å²) in [5.74, 6) is -0.249. The molecule has 0 aliphatic carbocycles. The fraction of sp³-hybridized carbons (Fsp3) is 0.118. The Balaban J connectivity index is 1.60. The molecule has 122 valence electrons. The summed E-state index contributed by atoms with van der Waals surface area (Å²) < 4.78 is 0. The zero-order valence-corrected chi connectivity index (χ0v) is 14.8. The third-order valence-corrected chi connectivity index (χ3v) is 4.68. The highest BCUT2D eigenvalue weighted by Gasteiger charge is 2.13. The molecule has 0 fully saturated rings. The van der Waals surface area contributed by atoms with Crippen molar-refractivity contribution in [3.05, 3.63) is 58.0 Å². The van der Waals surface area contributed by atoms with Crippen LogP contribution in [0.5, 0.6) is 0 Å². The first-order valence-corrected chi connectivity index (χ1v) is 8.55. The lowest BCUT2D eigenvalue weighted by Crippen LogP contribution is -2.43. The lowest BCUT2D eigenvalue weighted by molar-refractivity contribution is 0.0947. The van der Waals surface area contributed by atoms with Crippen LogP contribution in [0.4, 0.5) is 5.69 Å². The average molecular weight is 356 g/mol. The van der Waals surface area contributed by atoms with Crippen LogP contribution in [0, 0.1) is 13.8 Å². The Kier molecular flexibility index (Phi) is 4.73. The number of anilines is 1. The number of rotatable bonds is 2. The van der Waals surface area contributed by atoms with Crippen molar-refractivity contribution in [1.29, 1.82) is 0 Å². The van der Waals surface area contributed by atoms with E-state index in [4.69, 9.17) is 12.2 Å². The van der Waals surface area contributed by atoms with Crippen LogP contribution in [0.1, 0.15) is 20.4 Å². The molecule has 1 aromatic heterocycles. The van der Waals surface area contributed by atoms with Gasteiger partial charge >= 0.3 is 0 Å². The van der Waals surface area contributed by atoms with Gasteiger partial charge in [0, 0.05) is 5.69 Å². The smallest absolute Gasteiger partial charge is 0.281 e. The van der Waals surface area contributed by atoms with Crippen LogP contribution < -0.4 is 16.2 Å². The normalized spacial score (nSPS) is 10.4. The molecule has 0 aliphatic rings. The minimum absolute atomic E-state index is 0.249. The van der Waals surface area contributed by atoms with E-state index in [0.717, 1.165) is 21.5 Å². The molecule has 0 atom stereocenters. The van der Waals surface area contributed by atoms with Crippen molar-refractivity contribution >= 4 is 51.0 Å². The van der Waals surface area contributed by atoms with Crippen LogP contribution in [0.3, 0.4) is 0 Å². The maximum Gasteiger partial charge on any atom is 0.281 e. The first kappa shape index (κ1) is 16.4. The molecule has 3 rings (SSSR count). The number of aryl methyl sites for hydroxylation is 2. The zero-order chi connectivity index (χ0) is 17.1. The van der Waals surface area contributed by atoms with Gasteiger partial charge in [-0.15, -0.1) is 11.3 Å². The van der Waals surface area contributed by atoms with Gasteiger partial charge in [-0.1, -0.05) is 30.3 Å². The molecule has 7 heteroatoms. The molecule has 2 aromatic carbocycles. The number of nitrogens with zero attached hydrogens (tertiary/aromatic N) is 1. The molecule has 0 bridgehead atoms. The molecule has 0 radical (unpaired) electrons. The Morgan fingerprint density at radius 1 is 1.08 bits per heavy atom. The summed E-state index contributed by atoms with van der Waals surface area (Å²) in [6.07, 6.45) is 0. The van der Waals surface area contributed by atoms with Crippen molar-refractivity contribution in [1.82, 2.24) is 15.8 Å². The number of nitrogens with one attached hydrogen (secondary N) is 3. The summed E-state index contributed by atoms with van der Waals surface area (Å²) in [4.78, 5) is 16.9. The monoisotopic (exact) mass is 356 g/mol. The molecule has 5 nitrogen and oxygen atoms in total. The van der Waals surface area contributed by atoms with Crippen LogP contribution in [0.25, 0.3) is 10.8 Å². The van der Waals surface area contributed by atoms with Crippen LogP contribution in [0.2, 0.25) is 0 Å². The SMILES string of the molecule is Cc1nc(C)c(C(=O)NNC(=S)Nc2ccc3ccccc3c2)s1. The maximum atomic E-state index is 12.1. The van der Waals surface area contributed by atoms with Gasteiger partial charge in [-0.2, -0.15) is 0 Å². The van der Waals surface area contributed by atoms with E-state index >= 15 is 0 Å². The minimum atomic E-state index is -0.249. The van der Waals surface area contributed by atoms with Gasteiger partial charge in [-0.25, -0.2) is 4.98 Å². The summed E-state index contributed by atoms with van der Waals surface area (Å²) in [7, 11) is 0. The molecule has 1 heterocycles. The van der Waals surface area contributed by atoms with Crippen molar-refractivity contribution in [2.45, 2.75) is 13.8 Å². The molecule has 0 saturated heterocycles. The Morgan fingerprint density at radius 2 is 1.83 bits per heavy atom. The van der Waals surface area contributed by atoms with E-state index in [1.807, 2.05) is 50.2 Å². The van der Waals surface area contributed by atoms with E-state index in [0.29, 0.717) is 15.7 Å². The highest BCUT2D eigenvalue weighted by atomic mass is 32.1. The van der Waals surface area contributed by atoms with E-state index in [2.05, 4.69) is 27.2 Å². The fourth-order valence-corrected chi connectivity index (χ4v) is 3.33. The summed E-state index contributed by atoms with van der Waals surface area (Å²) >= 11 is 6.57. The highest BCUT2D eigenvalue weighted by molar-refractivity contribution is 7.80. The molecule has 0 spiro atoms. The number of aromatic nitrogens is 1. The van der Waals surface area contributed by atoms with E-state index in [9.17, 15) is 4.79 Å². The van der Waals surface area contributed by atoms with Crippen LogP contribution in [-0.4, -0.2) is 16.0 Å². The quantitative estimate of drug-likeness (QED) is 0.484. The second kappa shape index (κ2) is 6.94. The van der Waals surface area contributed by atoms with Crippen LogP contribution in [-0.2, 0) is 0 Å². The Hall–Kier alpha value is -2.51. The topological polar surface area (TPSA) is 66.0 Å². The van der Waals surface area contributed by atoms with Crippen molar-refractivity contribution in [3.8, 4) is 0 Å². The summed E-state index contributed by atoms with van der Waals surface area (Å²) in [5, 5.41) is 6.50. The molecule has 24 heavy (non-hydrogen) atoms. The van der Waals surface area contributed by atoms with E-state index < -0.39 is 0 Å². The number of hydrazine groups is 1. The van der Waals surface area contributed by atoms with Crippen molar-refractivity contribution < 1.29 is 4.79 Å². The number of hydrogen-bond donors (Lipinski definition) is 3. The molecule has 0 unspecified atom stereocenters.